The van der Waals surface area contributed by atoms with Gasteiger partial charge in [0.15, 0.2) is 0 Å². The van der Waals surface area contributed by atoms with Gasteiger partial charge >= 0.3 is 0 Å². The Morgan fingerprint density at radius 3 is 2.47 bits per heavy atom. The first-order valence-corrected chi connectivity index (χ1v) is 6.21. The largest absolute Gasteiger partial charge is 0.396 e. The van der Waals surface area contributed by atoms with Gasteiger partial charge in [0.2, 0.25) is 5.91 Å². The first-order valence-electron chi connectivity index (χ1n) is 6.21. The standard InChI is InChI=1S/C12H21NO2/c14-8-2-7-13(11-3-1-4-11)12(15)9-10-5-6-10/h10-11,14H,1-9H2. The van der Waals surface area contributed by atoms with Gasteiger partial charge in [0.25, 0.3) is 0 Å². The SMILES string of the molecule is O=C(CC1CC1)N(CCCO)C1CCC1. The van der Waals surface area contributed by atoms with Crippen LogP contribution in [0.5, 0.6) is 0 Å². The van der Waals surface area contributed by atoms with E-state index in [1.54, 1.807) is 0 Å². The van der Waals surface area contributed by atoms with Gasteiger partial charge < -0.3 is 10.0 Å². The summed E-state index contributed by atoms with van der Waals surface area (Å²) in [6.07, 6.45) is 7.56. The topological polar surface area (TPSA) is 40.5 Å². The zero-order valence-electron chi connectivity index (χ0n) is 9.32. The van der Waals surface area contributed by atoms with E-state index >= 15 is 0 Å². The molecule has 0 aromatic carbocycles. The van der Waals surface area contributed by atoms with Crippen molar-refractivity contribution in [3.63, 3.8) is 0 Å². The molecule has 2 fully saturated rings. The smallest absolute Gasteiger partial charge is 0.223 e. The molecule has 0 saturated heterocycles. The Morgan fingerprint density at radius 1 is 1.27 bits per heavy atom. The molecule has 2 rings (SSSR count). The zero-order valence-corrected chi connectivity index (χ0v) is 9.32. The molecule has 0 aliphatic heterocycles. The molecule has 0 heterocycles. The predicted molar refractivity (Wildman–Crippen MR) is 58.4 cm³/mol. The second-order valence-electron chi connectivity index (χ2n) is 4.90. The minimum atomic E-state index is 0.194. The number of rotatable bonds is 6. The van der Waals surface area contributed by atoms with Crippen molar-refractivity contribution in [1.29, 1.82) is 0 Å². The maximum absolute atomic E-state index is 12.0. The van der Waals surface area contributed by atoms with Crippen LogP contribution in [0.3, 0.4) is 0 Å². The van der Waals surface area contributed by atoms with E-state index in [1.165, 1.54) is 32.1 Å². The molecule has 1 amide bonds. The van der Waals surface area contributed by atoms with Gasteiger partial charge in [-0.15, -0.1) is 0 Å². The van der Waals surface area contributed by atoms with E-state index in [0.29, 0.717) is 17.9 Å². The van der Waals surface area contributed by atoms with Crippen LogP contribution >= 0.6 is 0 Å². The van der Waals surface area contributed by atoms with Crippen LogP contribution in [0, 0.1) is 5.92 Å². The van der Waals surface area contributed by atoms with E-state index < -0.39 is 0 Å². The van der Waals surface area contributed by atoms with E-state index in [2.05, 4.69) is 0 Å². The molecular weight excluding hydrogens is 190 g/mol. The van der Waals surface area contributed by atoms with Crippen LogP contribution in [-0.4, -0.2) is 35.1 Å². The summed E-state index contributed by atoms with van der Waals surface area (Å²) in [5, 5.41) is 8.83. The number of hydrogen-bond donors (Lipinski definition) is 1. The first-order chi connectivity index (χ1) is 7.31. The predicted octanol–water partition coefficient (Wildman–Crippen LogP) is 1.55. The zero-order chi connectivity index (χ0) is 10.7. The van der Waals surface area contributed by atoms with E-state index in [-0.39, 0.29) is 6.61 Å². The van der Waals surface area contributed by atoms with Crippen molar-refractivity contribution in [2.24, 2.45) is 5.92 Å². The average Bonchev–Trinajstić information content (AvgIpc) is 2.92. The lowest BCUT2D eigenvalue weighted by Crippen LogP contribution is -2.45. The Bertz CT molecular complexity index is 222. The monoisotopic (exact) mass is 211 g/mol. The molecule has 86 valence electrons. The summed E-state index contributed by atoms with van der Waals surface area (Å²) in [5.41, 5.74) is 0. The molecule has 0 unspecified atom stereocenters. The molecule has 15 heavy (non-hydrogen) atoms. The lowest BCUT2D eigenvalue weighted by Gasteiger charge is -2.37. The molecule has 0 radical (unpaired) electrons. The minimum absolute atomic E-state index is 0.194. The van der Waals surface area contributed by atoms with E-state index in [0.717, 1.165) is 19.4 Å². The molecule has 1 N–H and O–H groups in total. The fourth-order valence-electron chi connectivity index (χ4n) is 2.14. The maximum Gasteiger partial charge on any atom is 0.223 e. The van der Waals surface area contributed by atoms with Crippen LogP contribution < -0.4 is 0 Å². The number of nitrogens with zero attached hydrogens (tertiary/aromatic N) is 1. The highest BCUT2D eigenvalue weighted by atomic mass is 16.3. The van der Waals surface area contributed by atoms with Crippen LogP contribution in [0.15, 0.2) is 0 Å². The second kappa shape index (κ2) is 4.97. The quantitative estimate of drug-likeness (QED) is 0.724. The summed E-state index contributed by atoms with van der Waals surface area (Å²) in [7, 11) is 0. The van der Waals surface area contributed by atoms with Crippen LogP contribution in [0.2, 0.25) is 0 Å². The van der Waals surface area contributed by atoms with Crippen molar-refractivity contribution in [3.8, 4) is 0 Å². The third-order valence-corrected chi connectivity index (χ3v) is 3.55. The Hall–Kier alpha value is -0.570. The molecule has 0 aromatic rings. The lowest BCUT2D eigenvalue weighted by molar-refractivity contribution is -0.135. The Morgan fingerprint density at radius 2 is 2.00 bits per heavy atom. The Labute approximate surface area is 91.5 Å². The van der Waals surface area contributed by atoms with Gasteiger partial charge in [-0.2, -0.15) is 0 Å². The number of carbonyl (C=O) groups is 1. The summed E-state index contributed by atoms with van der Waals surface area (Å²) in [5.74, 6) is 1.00. The highest BCUT2D eigenvalue weighted by Crippen LogP contribution is 2.34. The molecular formula is C12H21NO2. The van der Waals surface area contributed by atoms with Crippen molar-refractivity contribution in [2.75, 3.05) is 13.2 Å². The van der Waals surface area contributed by atoms with Crippen molar-refractivity contribution in [3.05, 3.63) is 0 Å². The van der Waals surface area contributed by atoms with E-state index in [4.69, 9.17) is 5.11 Å². The third kappa shape index (κ3) is 2.94. The van der Waals surface area contributed by atoms with Crippen LogP contribution in [0.4, 0.5) is 0 Å². The fourth-order valence-corrected chi connectivity index (χ4v) is 2.14. The Kier molecular flexibility index (Phi) is 3.62. The molecule has 2 saturated carbocycles. The van der Waals surface area contributed by atoms with E-state index in [1.807, 2.05) is 4.90 Å². The van der Waals surface area contributed by atoms with Crippen LogP contribution in [0.25, 0.3) is 0 Å². The molecule has 3 heteroatoms. The molecule has 0 atom stereocenters. The van der Waals surface area contributed by atoms with Gasteiger partial charge in [0.05, 0.1) is 0 Å². The highest BCUT2D eigenvalue weighted by Gasteiger charge is 2.32. The summed E-state index contributed by atoms with van der Waals surface area (Å²) in [4.78, 5) is 14.0. The van der Waals surface area contributed by atoms with Gasteiger partial charge in [-0.05, 0) is 44.4 Å². The molecule has 0 aromatic heterocycles. The van der Waals surface area contributed by atoms with Crippen LogP contribution in [-0.2, 0) is 4.79 Å². The minimum Gasteiger partial charge on any atom is -0.396 e. The maximum atomic E-state index is 12.0. The summed E-state index contributed by atoms with van der Waals surface area (Å²) in [6, 6.07) is 0.489. The van der Waals surface area contributed by atoms with Gasteiger partial charge in [-0.25, -0.2) is 0 Å². The number of aliphatic hydroxyl groups excluding tert-OH is 1. The molecule has 0 bridgehead atoms. The van der Waals surface area contributed by atoms with Gasteiger partial charge in [0, 0.05) is 25.6 Å². The van der Waals surface area contributed by atoms with Gasteiger partial charge in [-0.3, -0.25) is 4.79 Å². The summed E-state index contributed by atoms with van der Waals surface area (Å²) < 4.78 is 0. The van der Waals surface area contributed by atoms with Gasteiger partial charge in [0.1, 0.15) is 0 Å². The van der Waals surface area contributed by atoms with Gasteiger partial charge in [-0.1, -0.05) is 0 Å². The van der Waals surface area contributed by atoms with Crippen LogP contribution in [0.1, 0.15) is 44.9 Å². The molecule has 0 spiro atoms. The van der Waals surface area contributed by atoms with Crippen molar-refractivity contribution in [1.82, 2.24) is 4.90 Å². The number of hydrogen-bond acceptors (Lipinski definition) is 2. The summed E-state index contributed by atoms with van der Waals surface area (Å²) >= 11 is 0. The second-order valence-corrected chi connectivity index (χ2v) is 4.90. The molecule has 2 aliphatic rings. The Balaban J connectivity index is 1.81. The fraction of sp³-hybridized carbons (Fsp3) is 0.917. The van der Waals surface area contributed by atoms with Crippen molar-refractivity contribution < 1.29 is 9.90 Å². The number of carbonyl (C=O) groups excluding carboxylic acids is 1. The number of aliphatic hydroxyl groups is 1. The third-order valence-electron chi connectivity index (χ3n) is 3.55. The summed E-state index contributed by atoms with van der Waals surface area (Å²) in [6.45, 7) is 0.951. The molecule has 3 nitrogen and oxygen atoms in total. The first kappa shape index (κ1) is 10.9. The highest BCUT2D eigenvalue weighted by molar-refractivity contribution is 5.77. The van der Waals surface area contributed by atoms with Crippen molar-refractivity contribution >= 4 is 5.91 Å². The lowest BCUT2D eigenvalue weighted by atomic mass is 9.91. The average molecular weight is 211 g/mol. The van der Waals surface area contributed by atoms with E-state index in [9.17, 15) is 4.79 Å². The molecule has 2 aliphatic carbocycles. The number of amides is 1. The normalized spacial score (nSPS) is 21.1. The van der Waals surface area contributed by atoms with Crippen molar-refractivity contribution in [2.45, 2.75) is 51.0 Å².